The van der Waals surface area contributed by atoms with Crippen LogP contribution in [0, 0.1) is 5.41 Å². The molecule has 0 saturated carbocycles. The van der Waals surface area contributed by atoms with E-state index in [2.05, 4.69) is 65.1 Å². The highest BCUT2D eigenvalue weighted by molar-refractivity contribution is 5.41. The molecule has 1 aliphatic heterocycles. The van der Waals surface area contributed by atoms with Crippen molar-refractivity contribution < 1.29 is 4.74 Å². The van der Waals surface area contributed by atoms with Crippen LogP contribution in [0.1, 0.15) is 59.1 Å². The molecule has 0 aromatic heterocycles. The first kappa shape index (κ1) is 16.4. The predicted octanol–water partition coefficient (Wildman–Crippen LogP) is 4.36. The van der Waals surface area contributed by atoms with Gasteiger partial charge in [0.25, 0.3) is 0 Å². The summed E-state index contributed by atoms with van der Waals surface area (Å²) in [7, 11) is 0. The molecule has 0 aliphatic carbocycles. The fourth-order valence-corrected chi connectivity index (χ4v) is 2.87. The maximum absolute atomic E-state index is 5.95. The van der Waals surface area contributed by atoms with Gasteiger partial charge in [0.05, 0.1) is 0 Å². The van der Waals surface area contributed by atoms with Crippen molar-refractivity contribution in [2.45, 2.75) is 72.4 Å². The molecule has 2 rings (SSSR count). The molecular weight excluding hydrogens is 258 g/mol. The van der Waals surface area contributed by atoms with Crippen LogP contribution in [-0.4, -0.2) is 18.2 Å². The fraction of sp³-hybridized carbons (Fsp3) is 0.684. The second kappa shape index (κ2) is 6.00. The van der Waals surface area contributed by atoms with Crippen LogP contribution in [0.15, 0.2) is 18.2 Å². The van der Waals surface area contributed by atoms with Gasteiger partial charge in [-0.05, 0) is 49.3 Å². The number of hydrogen-bond acceptors (Lipinski definition) is 2. The number of nitrogens with one attached hydrogen (secondary N) is 1. The van der Waals surface area contributed by atoms with E-state index in [1.165, 1.54) is 17.5 Å². The molecule has 1 heterocycles. The van der Waals surface area contributed by atoms with E-state index >= 15 is 0 Å². The molecule has 0 atom stereocenters. The maximum atomic E-state index is 5.95. The van der Waals surface area contributed by atoms with E-state index in [1.807, 2.05) is 0 Å². The maximum Gasteiger partial charge on any atom is 0.123 e. The number of hydrogen-bond donors (Lipinski definition) is 1. The Morgan fingerprint density at radius 3 is 2.67 bits per heavy atom. The standard InChI is InChI=1S/C19H31NO/c1-14(2)20-13-18(3,4)10-9-15-7-8-17-16(11-15)12-19(5,6)21-17/h7-8,11,14,20H,9-10,12-13H2,1-6H3. The largest absolute Gasteiger partial charge is 0.487 e. The molecule has 0 amide bonds. The van der Waals surface area contributed by atoms with Crippen molar-refractivity contribution in [1.29, 1.82) is 0 Å². The smallest absolute Gasteiger partial charge is 0.123 e. The third-order valence-electron chi connectivity index (χ3n) is 4.21. The minimum absolute atomic E-state index is 0.0403. The molecule has 0 spiro atoms. The quantitative estimate of drug-likeness (QED) is 0.840. The summed E-state index contributed by atoms with van der Waals surface area (Å²) in [4.78, 5) is 0. The van der Waals surface area contributed by atoms with Crippen molar-refractivity contribution >= 4 is 0 Å². The first-order valence-electron chi connectivity index (χ1n) is 8.21. The Labute approximate surface area is 130 Å². The molecule has 1 aromatic rings. The molecule has 21 heavy (non-hydrogen) atoms. The van der Waals surface area contributed by atoms with Gasteiger partial charge in [-0.15, -0.1) is 0 Å². The summed E-state index contributed by atoms with van der Waals surface area (Å²) in [5.74, 6) is 1.07. The van der Waals surface area contributed by atoms with Crippen LogP contribution < -0.4 is 10.1 Å². The molecule has 0 bridgehead atoms. The van der Waals surface area contributed by atoms with E-state index in [0.29, 0.717) is 11.5 Å². The molecular formula is C19H31NO. The predicted molar refractivity (Wildman–Crippen MR) is 90.1 cm³/mol. The summed E-state index contributed by atoms with van der Waals surface area (Å²) in [6.07, 6.45) is 3.37. The molecule has 0 unspecified atom stereocenters. The lowest BCUT2D eigenvalue weighted by molar-refractivity contribution is 0.138. The van der Waals surface area contributed by atoms with Gasteiger partial charge in [0.15, 0.2) is 0 Å². The summed E-state index contributed by atoms with van der Waals surface area (Å²) < 4.78 is 5.95. The van der Waals surface area contributed by atoms with Gasteiger partial charge < -0.3 is 10.1 Å². The minimum Gasteiger partial charge on any atom is -0.487 e. The van der Waals surface area contributed by atoms with Crippen molar-refractivity contribution in [1.82, 2.24) is 5.32 Å². The van der Waals surface area contributed by atoms with E-state index < -0.39 is 0 Å². The van der Waals surface area contributed by atoms with E-state index in [1.54, 1.807) is 0 Å². The van der Waals surface area contributed by atoms with Crippen molar-refractivity contribution in [2.24, 2.45) is 5.41 Å². The van der Waals surface area contributed by atoms with Gasteiger partial charge in [-0.3, -0.25) is 0 Å². The summed E-state index contributed by atoms with van der Waals surface area (Å²) in [5, 5.41) is 3.55. The molecule has 0 saturated heterocycles. The fourth-order valence-electron chi connectivity index (χ4n) is 2.87. The molecule has 1 aliphatic rings. The zero-order valence-electron chi connectivity index (χ0n) is 14.5. The highest BCUT2D eigenvalue weighted by Crippen LogP contribution is 2.35. The first-order valence-corrected chi connectivity index (χ1v) is 8.21. The minimum atomic E-state index is -0.0403. The van der Waals surface area contributed by atoms with E-state index in [-0.39, 0.29) is 5.60 Å². The zero-order valence-corrected chi connectivity index (χ0v) is 14.5. The van der Waals surface area contributed by atoms with Crippen LogP contribution in [0.3, 0.4) is 0 Å². The van der Waals surface area contributed by atoms with Crippen LogP contribution in [0.2, 0.25) is 0 Å². The van der Waals surface area contributed by atoms with Crippen LogP contribution in [0.5, 0.6) is 5.75 Å². The van der Waals surface area contributed by atoms with E-state index in [0.717, 1.165) is 25.1 Å². The Bertz CT molecular complexity index is 488. The van der Waals surface area contributed by atoms with Gasteiger partial charge in [-0.2, -0.15) is 0 Å². The molecule has 0 radical (unpaired) electrons. The monoisotopic (exact) mass is 289 g/mol. The highest BCUT2D eigenvalue weighted by Gasteiger charge is 2.30. The first-order chi connectivity index (χ1) is 9.67. The van der Waals surface area contributed by atoms with Crippen LogP contribution >= 0.6 is 0 Å². The number of fused-ring (bicyclic) bond motifs is 1. The number of ether oxygens (including phenoxy) is 1. The molecule has 2 heteroatoms. The Morgan fingerprint density at radius 2 is 2.00 bits per heavy atom. The molecule has 1 aromatic carbocycles. The Kier molecular flexibility index (Phi) is 4.67. The van der Waals surface area contributed by atoms with Gasteiger partial charge in [0.2, 0.25) is 0 Å². The van der Waals surface area contributed by atoms with Gasteiger partial charge in [0.1, 0.15) is 11.4 Å². The van der Waals surface area contributed by atoms with Crippen molar-refractivity contribution in [3.8, 4) is 5.75 Å². The average molecular weight is 289 g/mol. The number of benzene rings is 1. The topological polar surface area (TPSA) is 21.3 Å². The Balaban J connectivity index is 1.93. The molecule has 118 valence electrons. The number of rotatable bonds is 6. The van der Waals surface area contributed by atoms with Gasteiger partial charge >= 0.3 is 0 Å². The van der Waals surface area contributed by atoms with Crippen molar-refractivity contribution in [2.75, 3.05) is 6.54 Å². The Morgan fingerprint density at radius 1 is 1.29 bits per heavy atom. The zero-order chi connectivity index (χ0) is 15.7. The van der Waals surface area contributed by atoms with Crippen molar-refractivity contribution in [3.05, 3.63) is 29.3 Å². The Hall–Kier alpha value is -1.02. The van der Waals surface area contributed by atoms with Gasteiger partial charge in [-0.1, -0.05) is 39.8 Å². The number of aryl methyl sites for hydroxylation is 1. The highest BCUT2D eigenvalue weighted by atomic mass is 16.5. The molecule has 1 N–H and O–H groups in total. The third kappa shape index (κ3) is 4.74. The average Bonchev–Trinajstić information content (AvgIpc) is 2.67. The van der Waals surface area contributed by atoms with Gasteiger partial charge in [0, 0.05) is 19.0 Å². The normalized spacial score (nSPS) is 16.9. The SMILES string of the molecule is CC(C)NCC(C)(C)CCc1ccc2c(c1)CC(C)(C)O2. The summed E-state index contributed by atoms with van der Waals surface area (Å²) >= 11 is 0. The second-order valence-corrected chi connectivity index (χ2v) is 8.18. The van der Waals surface area contributed by atoms with Crippen LogP contribution in [0.4, 0.5) is 0 Å². The van der Waals surface area contributed by atoms with E-state index in [4.69, 9.17) is 4.74 Å². The lowest BCUT2D eigenvalue weighted by atomic mass is 9.85. The summed E-state index contributed by atoms with van der Waals surface area (Å²) in [5.41, 5.74) is 3.10. The van der Waals surface area contributed by atoms with Crippen molar-refractivity contribution in [3.63, 3.8) is 0 Å². The molecule has 0 fully saturated rings. The van der Waals surface area contributed by atoms with E-state index in [9.17, 15) is 0 Å². The molecule has 2 nitrogen and oxygen atoms in total. The van der Waals surface area contributed by atoms with Crippen LogP contribution in [-0.2, 0) is 12.8 Å². The second-order valence-electron chi connectivity index (χ2n) is 8.18. The summed E-state index contributed by atoms with van der Waals surface area (Å²) in [6, 6.07) is 7.28. The third-order valence-corrected chi connectivity index (χ3v) is 4.21. The lowest BCUT2D eigenvalue weighted by Gasteiger charge is -2.26. The summed E-state index contributed by atoms with van der Waals surface area (Å²) in [6.45, 7) is 14.5. The van der Waals surface area contributed by atoms with Gasteiger partial charge in [-0.25, -0.2) is 0 Å². The van der Waals surface area contributed by atoms with Crippen LogP contribution in [0.25, 0.3) is 0 Å². The lowest BCUT2D eigenvalue weighted by Crippen LogP contribution is -2.34.